The monoisotopic (exact) mass is 203 g/mol. The average molecular weight is 203 g/mol. The van der Waals surface area contributed by atoms with Crippen LogP contribution in [-0.4, -0.2) is 5.54 Å². The number of benzene rings is 1. The van der Waals surface area contributed by atoms with Crippen LogP contribution in [0.4, 0.5) is 0 Å². The van der Waals surface area contributed by atoms with Gasteiger partial charge in [-0.05, 0) is 62.6 Å². The second kappa shape index (κ2) is 3.64. The van der Waals surface area contributed by atoms with E-state index in [0.717, 1.165) is 6.42 Å². The first kappa shape index (κ1) is 10.7. The molecule has 1 unspecified atom stereocenters. The molecule has 0 aliphatic heterocycles. The van der Waals surface area contributed by atoms with E-state index in [1.165, 1.54) is 18.4 Å². The van der Waals surface area contributed by atoms with E-state index < -0.39 is 0 Å². The highest BCUT2D eigenvalue weighted by atomic mass is 14.7. The Labute approximate surface area is 92.7 Å². The highest BCUT2D eigenvalue weighted by Crippen LogP contribution is 2.38. The van der Waals surface area contributed by atoms with Gasteiger partial charge in [-0.2, -0.15) is 0 Å². The van der Waals surface area contributed by atoms with E-state index in [2.05, 4.69) is 39.0 Å². The number of fused-ring (bicyclic) bond motifs is 1. The fourth-order valence-corrected chi connectivity index (χ4v) is 2.77. The van der Waals surface area contributed by atoms with Crippen molar-refractivity contribution < 1.29 is 0 Å². The fourth-order valence-electron chi connectivity index (χ4n) is 2.77. The molecule has 0 radical (unpaired) electrons. The lowest BCUT2D eigenvalue weighted by atomic mass is 9.87. The SMILES string of the molecule is Cc1cccc2c1CCC2CC(C)(C)N. The molecule has 82 valence electrons. The van der Waals surface area contributed by atoms with Crippen LogP contribution in [-0.2, 0) is 6.42 Å². The molecule has 0 amide bonds. The van der Waals surface area contributed by atoms with Crippen molar-refractivity contribution in [2.45, 2.75) is 51.5 Å². The second-order valence-corrected chi connectivity index (χ2v) is 5.57. The summed E-state index contributed by atoms with van der Waals surface area (Å²) in [7, 11) is 0. The molecule has 0 spiro atoms. The largest absolute Gasteiger partial charge is 0.326 e. The molecule has 1 nitrogen and oxygen atoms in total. The van der Waals surface area contributed by atoms with Crippen molar-refractivity contribution in [1.29, 1.82) is 0 Å². The van der Waals surface area contributed by atoms with E-state index in [1.807, 2.05) is 0 Å². The third-order valence-corrected chi connectivity index (χ3v) is 3.40. The first-order chi connectivity index (χ1) is 6.97. The molecule has 0 fully saturated rings. The van der Waals surface area contributed by atoms with Gasteiger partial charge in [-0.1, -0.05) is 18.2 Å². The molecule has 0 saturated carbocycles. The van der Waals surface area contributed by atoms with Gasteiger partial charge in [0.2, 0.25) is 0 Å². The third kappa shape index (κ3) is 2.23. The van der Waals surface area contributed by atoms with Crippen LogP contribution in [0.15, 0.2) is 18.2 Å². The Morgan fingerprint density at radius 2 is 2.13 bits per heavy atom. The zero-order valence-electron chi connectivity index (χ0n) is 10.0. The van der Waals surface area contributed by atoms with Gasteiger partial charge in [0.05, 0.1) is 0 Å². The first-order valence-electron chi connectivity index (χ1n) is 5.84. The number of hydrogen-bond acceptors (Lipinski definition) is 1. The molecular formula is C14H21N. The van der Waals surface area contributed by atoms with Crippen LogP contribution in [0.2, 0.25) is 0 Å². The van der Waals surface area contributed by atoms with Gasteiger partial charge < -0.3 is 5.73 Å². The highest BCUT2D eigenvalue weighted by Gasteiger charge is 2.27. The lowest BCUT2D eigenvalue weighted by Gasteiger charge is -2.23. The lowest BCUT2D eigenvalue weighted by molar-refractivity contribution is 0.422. The van der Waals surface area contributed by atoms with Crippen molar-refractivity contribution in [3.63, 3.8) is 0 Å². The van der Waals surface area contributed by atoms with Crippen molar-refractivity contribution >= 4 is 0 Å². The Morgan fingerprint density at radius 1 is 1.40 bits per heavy atom. The number of nitrogens with two attached hydrogens (primary N) is 1. The summed E-state index contributed by atoms with van der Waals surface area (Å²) in [6.45, 7) is 6.47. The minimum absolute atomic E-state index is 0.0456. The molecule has 1 aromatic rings. The van der Waals surface area contributed by atoms with Gasteiger partial charge in [-0.15, -0.1) is 0 Å². The Bertz CT molecular complexity index is 360. The van der Waals surface area contributed by atoms with Crippen molar-refractivity contribution in [3.8, 4) is 0 Å². The number of aryl methyl sites for hydroxylation is 1. The maximum absolute atomic E-state index is 6.11. The molecule has 1 aliphatic carbocycles. The van der Waals surface area contributed by atoms with Crippen LogP contribution in [0.5, 0.6) is 0 Å². The minimum atomic E-state index is -0.0456. The van der Waals surface area contributed by atoms with Crippen molar-refractivity contribution in [3.05, 3.63) is 34.9 Å². The summed E-state index contributed by atoms with van der Waals surface area (Å²) in [5, 5.41) is 0. The van der Waals surface area contributed by atoms with Crippen LogP contribution in [0.3, 0.4) is 0 Å². The summed E-state index contributed by atoms with van der Waals surface area (Å²) in [6, 6.07) is 6.68. The topological polar surface area (TPSA) is 26.0 Å². The highest BCUT2D eigenvalue weighted by molar-refractivity contribution is 5.40. The summed E-state index contributed by atoms with van der Waals surface area (Å²) in [6.07, 6.45) is 3.62. The molecule has 2 N–H and O–H groups in total. The fraction of sp³-hybridized carbons (Fsp3) is 0.571. The summed E-state index contributed by atoms with van der Waals surface area (Å²) in [4.78, 5) is 0. The van der Waals surface area contributed by atoms with Gasteiger partial charge in [-0.25, -0.2) is 0 Å². The smallest absolute Gasteiger partial charge is 0.0103 e. The predicted octanol–water partition coefficient (Wildman–Crippen LogP) is 3.15. The van der Waals surface area contributed by atoms with Crippen molar-refractivity contribution in [2.24, 2.45) is 5.73 Å². The summed E-state index contributed by atoms with van der Waals surface area (Å²) >= 11 is 0. The summed E-state index contributed by atoms with van der Waals surface area (Å²) < 4.78 is 0. The van der Waals surface area contributed by atoms with Crippen LogP contribution < -0.4 is 5.73 Å². The summed E-state index contributed by atoms with van der Waals surface area (Å²) in [5.74, 6) is 0.680. The minimum Gasteiger partial charge on any atom is -0.326 e. The zero-order valence-corrected chi connectivity index (χ0v) is 10.0. The molecule has 1 aliphatic rings. The van der Waals surface area contributed by atoms with Crippen LogP contribution in [0.25, 0.3) is 0 Å². The quantitative estimate of drug-likeness (QED) is 0.785. The Hall–Kier alpha value is -0.820. The Morgan fingerprint density at radius 3 is 2.80 bits per heavy atom. The molecule has 0 aromatic heterocycles. The van der Waals surface area contributed by atoms with Crippen LogP contribution >= 0.6 is 0 Å². The van der Waals surface area contributed by atoms with Crippen molar-refractivity contribution in [1.82, 2.24) is 0 Å². The molecule has 15 heavy (non-hydrogen) atoms. The second-order valence-electron chi connectivity index (χ2n) is 5.57. The van der Waals surface area contributed by atoms with Crippen LogP contribution in [0, 0.1) is 6.92 Å². The maximum Gasteiger partial charge on any atom is 0.0103 e. The van der Waals surface area contributed by atoms with E-state index >= 15 is 0 Å². The van der Waals surface area contributed by atoms with E-state index in [0.29, 0.717) is 5.92 Å². The molecule has 0 heterocycles. The molecule has 0 bridgehead atoms. The van der Waals surface area contributed by atoms with Gasteiger partial charge in [0.1, 0.15) is 0 Å². The molecule has 1 heteroatoms. The van der Waals surface area contributed by atoms with E-state index in [1.54, 1.807) is 11.1 Å². The number of rotatable bonds is 2. The normalized spacial score (nSPS) is 20.4. The van der Waals surface area contributed by atoms with Crippen LogP contribution in [0.1, 0.15) is 49.3 Å². The van der Waals surface area contributed by atoms with Gasteiger partial charge in [-0.3, -0.25) is 0 Å². The zero-order chi connectivity index (χ0) is 11.1. The maximum atomic E-state index is 6.11. The Kier molecular flexibility index (Phi) is 2.59. The standard InChI is InChI=1S/C14H21N/c1-10-5-4-6-13-11(7-8-12(10)13)9-14(2,3)15/h4-6,11H,7-9,15H2,1-3H3. The van der Waals surface area contributed by atoms with E-state index in [9.17, 15) is 0 Å². The third-order valence-electron chi connectivity index (χ3n) is 3.40. The molecule has 1 atom stereocenters. The first-order valence-corrected chi connectivity index (χ1v) is 5.84. The average Bonchev–Trinajstić information content (AvgIpc) is 2.48. The molecular weight excluding hydrogens is 182 g/mol. The van der Waals surface area contributed by atoms with E-state index in [4.69, 9.17) is 5.73 Å². The predicted molar refractivity (Wildman–Crippen MR) is 65.1 cm³/mol. The van der Waals surface area contributed by atoms with Crippen molar-refractivity contribution in [2.75, 3.05) is 0 Å². The number of hydrogen-bond donors (Lipinski definition) is 1. The molecule has 2 rings (SSSR count). The van der Waals surface area contributed by atoms with E-state index in [-0.39, 0.29) is 5.54 Å². The molecule has 1 aromatic carbocycles. The molecule has 0 saturated heterocycles. The Balaban J connectivity index is 2.26. The summed E-state index contributed by atoms with van der Waals surface area (Å²) in [5.41, 5.74) is 10.6. The van der Waals surface area contributed by atoms with Gasteiger partial charge in [0.25, 0.3) is 0 Å². The lowest BCUT2D eigenvalue weighted by Crippen LogP contribution is -2.33. The van der Waals surface area contributed by atoms with Gasteiger partial charge >= 0.3 is 0 Å². The van der Waals surface area contributed by atoms with Gasteiger partial charge in [0.15, 0.2) is 0 Å². The van der Waals surface area contributed by atoms with Gasteiger partial charge in [0, 0.05) is 5.54 Å².